The fourth-order valence-corrected chi connectivity index (χ4v) is 9.65. The van der Waals surface area contributed by atoms with E-state index in [0.29, 0.717) is 31.9 Å². The van der Waals surface area contributed by atoms with Crippen molar-refractivity contribution >= 4 is 46.5 Å². The number of amides is 4. The number of hydrogen-bond acceptors (Lipinski definition) is 10. The van der Waals surface area contributed by atoms with Gasteiger partial charge in [-0.15, -0.1) is 11.8 Å². The predicted molar refractivity (Wildman–Crippen MR) is 232 cm³/mol. The summed E-state index contributed by atoms with van der Waals surface area (Å²) in [6.07, 6.45) is 5.69. The van der Waals surface area contributed by atoms with Gasteiger partial charge >= 0.3 is 12.2 Å². The van der Waals surface area contributed by atoms with Gasteiger partial charge in [-0.3, -0.25) is 9.59 Å². The zero-order chi connectivity index (χ0) is 42.8. The molecule has 1 saturated carbocycles. The number of methoxy groups -OCH3 is 3. The zero-order valence-electron chi connectivity index (χ0n) is 35.0. The molecule has 15 nitrogen and oxygen atoms in total. The molecule has 2 aromatic heterocycles. The fourth-order valence-electron chi connectivity index (χ4n) is 8.46. The van der Waals surface area contributed by atoms with Crippen molar-refractivity contribution in [3.63, 3.8) is 0 Å². The second-order valence-electron chi connectivity index (χ2n) is 16.5. The van der Waals surface area contributed by atoms with Crippen molar-refractivity contribution in [3.05, 3.63) is 84.7 Å². The number of carbonyl (C=O) groups excluding carboxylic acids is 4. The molecule has 2 saturated heterocycles. The molecule has 4 heterocycles. The van der Waals surface area contributed by atoms with E-state index >= 15 is 0 Å². The maximum absolute atomic E-state index is 13.9. The molecular formula is C45H52N8O7S. The molecule has 1 spiro atoms. The van der Waals surface area contributed by atoms with E-state index < -0.39 is 24.3 Å². The number of aromatic amines is 2. The fraction of sp³-hybridized carbons (Fsp3) is 0.422. The maximum Gasteiger partial charge on any atom is 0.407 e. The minimum absolute atomic E-state index is 0.108. The van der Waals surface area contributed by atoms with Crippen LogP contribution < -0.4 is 10.6 Å². The van der Waals surface area contributed by atoms with Gasteiger partial charge in [-0.2, -0.15) is 0 Å². The van der Waals surface area contributed by atoms with E-state index in [0.717, 1.165) is 75.3 Å². The van der Waals surface area contributed by atoms with Gasteiger partial charge < -0.3 is 44.6 Å². The van der Waals surface area contributed by atoms with Crippen LogP contribution in [0.3, 0.4) is 0 Å². The lowest BCUT2D eigenvalue weighted by Gasteiger charge is -2.30. The first-order chi connectivity index (χ1) is 29.5. The van der Waals surface area contributed by atoms with Crippen LogP contribution in [0.15, 0.2) is 73.1 Å². The summed E-state index contributed by atoms with van der Waals surface area (Å²) in [6.45, 7) is 5.35. The van der Waals surface area contributed by atoms with Gasteiger partial charge in [-0.25, -0.2) is 19.6 Å². The van der Waals surface area contributed by atoms with E-state index in [4.69, 9.17) is 19.2 Å². The molecule has 2 aliphatic heterocycles. The van der Waals surface area contributed by atoms with E-state index in [2.05, 4.69) is 86.2 Å². The van der Waals surface area contributed by atoms with Gasteiger partial charge in [0.25, 0.3) is 0 Å². The lowest BCUT2D eigenvalue weighted by molar-refractivity contribution is -0.136. The number of nitrogens with one attached hydrogen (secondary N) is 4. The van der Waals surface area contributed by atoms with E-state index in [9.17, 15) is 19.2 Å². The summed E-state index contributed by atoms with van der Waals surface area (Å²) in [6, 6.07) is 19.4. The van der Waals surface area contributed by atoms with Crippen molar-refractivity contribution < 1.29 is 33.4 Å². The number of imidazole rings is 2. The Labute approximate surface area is 358 Å². The number of aromatic nitrogens is 4. The SMILES string of the molecule is COCCC(NC(=O)OC)C(=O)N1CCSC1c1ncc(-c2ccc(-c3ccc4cc(-c5cnc(C6CC7(CC7)CN6C(=O)C(NC(=O)OC)C(C)C)[nH]5)ccc4c3)cc2)[nH]1. The van der Waals surface area contributed by atoms with Crippen molar-refractivity contribution in [3.8, 4) is 33.6 Å². The first kappa shape index (κ1) is 41.8. The van der Waals surface area contributed by atoms with Crippen LogP contribution in [-0.2, 0) is 23.8 Å². The van der Waals surface area contributed by atoms with E-state index in [1.54, 1.807) is 30.0 Å². The first-order valence-electron chi connectivity index (χ1n) is 20.6. The van der Waals surface area contributed by atoms with Crippen LogP contribution in [-0.4, -0.2) is 113 Å². The van der Waals surface area contributed by atoms with Gasteiger partial charge in [0.2, 0.25) is 11.8 Å². The summed E-state index contributed by atoms with van der Waals surface area (Å²) in [5.74, 6) is 1.75. The molecule has 0 radical (unpaired) electrons. The Morgan fingerprint density at radius 2 is 1.39 bits per heavy atom. The first-order valence-corrected chi connectivity index (χ1v) is 21.7. The van der Waals surface area contributed by atoms with Crippen molar-refractivity contribution in [1.29, 1.82) is 0 Å². The zero-order valence-corrected chi connectivity index (χ0v) is 35.8. The van der Waals surface area contributed by atoms with Crippen LogP contribution in [0, 0.1) is 11.3 Å². The summed E-state index contributed by atoms with van der Waals surface area (Å²) >= 11 is 1.62. The smallest absolute Gasteiger partial charge is 0.407 e. The van der Waals surface area contributed by atoms with E-state index in [1.165, 1.54) is 14.2 Å². The molecule has 8 rings (SSSR count). The third-order valence-corrected chi connectivity index (χ3v) is 13.3. The number of benzene rings is 3. The third kappa shape index (κ3) is 8.82. The van der Waals surface area contributed by atoms with Crippen LogP contribution in [0.25, 0.3) is 44.4 Å². The van der Waals surface area contributed by atoms with Crippen molar-refractivity contribution in [2.24, 2.45) is 11.3 Å². The molecule has 61 heavy (non-hydrogen) atoms. The molecule has 16 heteroatoms. The summed E-state index contributed by atoms with van der Waals surface area (Å²) in [5.41, 5.74) is 5.96. The second-order valence-corrected chi connectivity index (χ2v) is 17.7. The number of carbonyl (C=O) groups is 4. The molecular weight excluding hydrogens is 797 g/mol. The number of thioether (sulfide) groups is 1. The van der Waals surface area contributed by atoms with Crippen LogP contribution >= 0.6 is 11.8 Å². The van der Waals surface area contributed by atoms with Crippen molar-refractivity contribution in [2.75, 3.05) is 46.8 Å². The average molecular weight is 849 g/mol. The highest BCUT2D eigenvalue weighted by molar-refractivity contribution is 7.99. The summed E-state index contributed by atoms with van der Waals surface area (Å²) in [7, 11) is 4.13. The lowest BCUT2D eigenvalue weighted by atomic mass is 9.98. The molecule has 3 aliphatic rings. The van der Waals surface area contributed by atoms with Crippen LogP contribution in [0.1, 0.15) is 62.6 Å². The number of H-pyrrole nitrogens is 2. The Morgan fingerprint density at radius 1 is 0.787 bits per heavy atom. The largest absolute Gasteiger partial charge is 0.453 e. The van der Waals surface area contributed by atoms with Crippen molar-refractivity contribution in [1.82, 2.24) is 40.4 Å². The minimum atomic E-state index is -0.774. The van der Waals surface area contributed by atoms with Gasteiger partial charge in [0, 0.05) is 44.5 Å². The number of ether oxygens (including phenoxy) is 3. The Kier molecular flexibility index (Phi) is 12.1. The molecule has 4 unspecified atom stereocenters. The highest BCUT2D eigenvalue weighted by Crippen LogP contribution is 2.58. The van der Waals surface area contributed by atoms with E-state index in [-0.39, 0.29) is 34.6 Å². The number of nitrogens with zero attached hydrogens (tertiary/aromatic N) is 4. The molecule has 320 valence electrons. The minimum Gasteiger partial charge on any atom is -0.453 e. The summed E-state index contributed by atoms with van der Waals surface area (Å²) in [5, 5.41) is 7.27. The molecule has 3 fully saturated rings. The number of rotatable bonds is 13. The quantitative estimate of drug-likeness (QED) is 0.0958. The Hall–Kier alpha value is -5.87. The normalized spacial score (nSPS) is 19.0. The number of alkyl carbamates (subject to hydrolysis) is 2. The summed E-state index contributed by atoms with van der Waals surface area (Å²) < 4.78 is 14.7. The molecule has 5 aromatic rings. The van der Waals surface area contributed by atoms with Crippen molar-refractivity contribution in [2.45, 2.75) is 63.0 Å². The van der Waals surface area contributed by atoms with Crippen LogP contribution in [0.5, 0.6) is 0 Å². The molecule has 4 atom stereocenters. The molecule has 1 aliphatic carbocycles. The molecule has 3 aromatic carbocycles. The lowest BCUT2D eigenvalue weighted by Crippen LogP contribution is -2.51. The van der Waals surface area contributed by atoms with Gasteiger partial charge in [0.15, 0.2) is 0 Å². The second kappa shape index (κ2) is 17.6. The van der Waals surface area contributed by atoms with Gasteiger partial charge in [0.1, 0.15) is 29.1 Å². The van der Waals surface area contributed by atoms with Gasteiger partial charge in [0.05, 0.1) is 44.0 Å². The predicted octanol–water partition coefficient (Wildman–Crippen LogP) is 7.06. The Bertz CT molecular complexity index is 2410. The molecule has 4 N–H and O–H groups in total. The summed E-state index contributed by atoms with van der Waals surface area (Å²) in [4.78, 5) is 71.7. The van der Waals surface area contributed by atoms with Crippen LogP contribution in [0.2, 0.25) is 0 Å². The van der Waals surface area contributed by atoms with Gasteiger partial charge in [-0.05, 0) is 70.2 Å². The maximum atomic E-state index is 13.9. The van der Waals surface area contributed by atoms with Gasteiger partial charge in [-0.1, -0.05) is 62.4 Å². The Morgan fingerprint density at radius 3 is 2.07 bits per heavy atom. The Balaban J connectivity index is 0.946. The van der Waals surface area contributed by atoms with E-state index in [1.807, 2.05) is 24.9 Å². The number of likely N-dealkylation sites (tertiary alicyclic amines) is 1. The number of fused-ring (bicyclic) bond motifs is 1. The topological polar surface area (TPSA) is 184 Å². The number of hydrogen-bond donors (Lipinski definition) is 4. The standard InChI is InChI=1S/C45H52N8O7S/c1-26(2)37(51-44(57)60-5)41(55)53-25-45(15-16-45)22-36(53)38-46-24-35(48-38)32-13-12-30-20-29(10-11-31(30)21-32)27-6-8-28(9-7-27)34-23-47-39(49-34)42-52(17-19-61-42)40(54)33(14-18-58-3)50-43(56)59-4/h6-13,20-21,23-24,26,33,36-37,42H,14-19,22,25H2,1-5H3,(H,46,48)(H,47,49)(H,50,56)(H,51,57). The third-order valence-electron chi connectivity index (χ3n) is 12.1. The highest BCUT2D eigenvalue weighted by atomic mass is 32.2. The highest BCUT2D eigenvalue weighted by Gasteiger charge is 2.55. The average Bonchev–Trinajstić information content (AvgIpc) is 3.81. The van der Waals surface area contributed by atoms with Crippen LogP contribution in [0.4, 0.5) is 9.59 Å². The molecule has 4 amide bonds. The monoisotopic (exact) mass is 848 g/mol. The molecule has 0 bridgehead atoms.